The molecule has 0 aliphatic heterocycles. The molecule has 1 aromatic rings. The second kappa shape index (κ2) is 4.96. The first-order valence-corrected chi connectivity index (χ1v) is 5.55. The molecule has 0 heterocycles. The van der Waals surface area contributed by atoms with Crippen LogP contribution in [0.3, 0.4) is 0 Å². The van der Waals surface area contributed by atoms with E-state index in [4.69, 9.17) is 5.11 Å². The third-order valence-corrected chi connectivity index (χ3v) is 2.94. The highest BCUT2D eigenvalue weighted by atomic mass is 16.4. The molecule has 15 heavy (non-hydrogen) atoms. The standard InChI is InChI=1S/C11H12O2.C2H6/c12-10(13)11(7-4-8-11)9-5-2-1-3-6-9;1-2/h1-3,5-6H,4,7-8H2,(H,12,13);1-2H3. The highest BCUT2D eigenvalue weighted by Crippen LogP contribution is 2.43. The molecular weight excluding hydrogens is 188 g/mol. The van der Waals surface area contributed by atoms with Crippen molar-refractivity contribution in [1.82, 2.24) is 0 Å². The Kier molecular flexibility index (Phi) is 3.89. The zero-order valence-electron chi connectivity index (χ0n) is 9.36. The molecule has 2 heteroatoms. The number of carbonyl (C=O) groups is 1. The van der Waals surface area contributed by atoms with Gasteiger partial charge in [0.1, 0.15) is 0 Å². The predicted octanol–water partition coefficient (Wildman–Crippen LogP) is 3.22. The van der Waals surface area contributed by atoms with Gasteiger partial charge >= 0.3 is 5.97 Å². The molecular formula is C13H18O2. The van der Waals surface area contributed by atoms with Gasteiger partial charge in [-0.25, -0.2) is 0 Å². The van der Waals surface area contributed by atoms with Crippen LogP contribution in [0.25, 0.3) is 0 Å². The average molecular weight is 206 g/mol. The van der Waals surface area contributed by atoms with Gasteiger partial charge in [0.25, 0.3) is 0 Å². The lowest BCUT2D eigenvalue weighted by Gasteiger charge is -2.38. The van der Waals surface area contributed by atoms with Crippen LogP contribution in [0.4, 0.5) is 0 Å². The molecule has 0 radical (unpaired) electrons. The van der Waals surface area contributed by atoms with Crippen LogP contribution in [-0.2, 0) is 10.2 Å². The van der Waals surface area contributed by atoms with Crippen LogP contribution in [0.5, 0.6) is 0 Å². The van der Waals surface area contributed by atoms with Gasteiger partial charge in [-0.1, -0.05) is 50.6 Å². The minimum atomic E-state index is -0.676. The fraction of sp³-hybridized carbons (Fsp3) is 0.462. The van der Waals surface area contributed by atoms with Crippen LogP contribution in [0.15, 0.2) is 30.3 Å². The van der Waals surface area contributed by atoms with Gasteiger partial charge in [0.05, 0.1) is 5.41 Å². The summed E-state index contributed by atoms with van der Waals surface area (Å²) in [7, 11) is 0. The quantitative estimate of drug-likeness (QED) is 0.806. The Morgan fingerprint density at radius 2 is 1.73 bits per heavy atom. The van der Waals surface area contributed by atoms with E-state index in [1.165, 1.54) is 0 Å². The van der Waals surface area contributed by atoms with E-state index in [2.05, 4.69) is 0 Å². The van der Waals surface area contributed by atoms with Crippen molar-refractivity contribution in [2.75, 3.05) is 0 Å². The summed E-state index contributed by atoms with van der Waals surface area (Å²) >= 11 is 0. The van der Waals surface area contributed by atoms with Crippen LogP contribution in [0, 0.1) is 0 Å². The monoisotopic (exact) mass is 206 g/mol. The Morgan fingerprint density at radius 3 is 2.07 bits per heavy atom. The third-order valence-electron chi connectivity index (χ3n) is 2.94. The number of carboxylic acid groups (broad SMARTS) is 1. The van der Waals surface area contributed by atoms with Crippen LogP contribution >= 0.6 is 0 Å². The third kappa shape index (κ3) is 2.04. The van der Waals surface area contributed by atoms with Crippen LogP contribution < -0.4 is 0 Å². The Morgan fingerprint density at radius 1 is 1.20 bits per heavy atom. The van der Waals surface area contributed by atoms with E-state index in [1.807, 2.05) is 44.2 Å². The summed E-state index contributed by atoms with van der Waals surface area (Å²) in [4.78, 5) is 11.1. The normalized spacial score (nSPS) is 16.9. The molecule has 1 aliphatic carbocycles. The predicted molar refractivity (Wildman–Crippen MR) is 61.0 cm³/mol. The van der Waals surface area contributed by atoms with Crippen molar-refractivity contribution in [1.29, 1.82) is 0 Å². The molecule has 0 spiro atoms. The molecule has 0 atom stereocenters. The Labute approximate surface area is 90.9 Å². The molecule has 1 saturated carbocycles. The molecule has 0 amide bonds. The van der Waals surface area contributed by atoms with Crippen molar-refractivity contribution in [2.45, 2.75) is 38.5 Å². The lowest BCUT2D eigenvalue weighted by Crippen LogP contribution is -2.42. The van der Waals surface area contributed by atoms with E-state index >= 15 is 0 Å². The van der Waals surface area contributed by atoms with Crippen LogP contribution in [-0.4, -0.2) is 11.1 Å². The summed E-state index contributed by atoms with van der Waals surface area (Å²) in [5.74, 6) is -0.676. The maximum atomic E-state index is 11.1. The lowest BCUT2D eigenvalue weighted by molar-refractivity contribution is -0.147. The zero-order valence-corrected chi connectivity index (χ0v) is 9.36. The second-order valence-electron chi connectivity index (χ2n) is 3.61. The number of aliphatic carboxylic acids is 1. The molecule has 82 valence electrons. The van der Waals surface area contributed by atoms with Gasteiger partial charge < -0.3 is 5.11 Å². The average Bonchev–Trinajstić information content (AvgIpc) is 2.20. The molecule has 1 aliphatic rings. The molecule has 1 aromatic carbocycles. The number of carboxylic acids is 1. The van der Waals surface area contributed by atoms with Gasteiger partial charge in [-0.05, 0) is 18.4 Å². The molecule has 0 saturated heterocycles. The summed E-state index contributed by atoms with van der Waals surface area (Å²) in [5.41, 5.74) is 0.384. The molecule has 2 nitrogen and oxygen atoms in total. The van der Waals surface area contributed by atoms with Gasteiger partial charge in [0, 0.05) is 0 Å². The summed E-state index contributed by atoms with van der Waals surface area (Å²) in [6, 6.07) is 9.54. The Bertz CT molecular complexity index is 313. The van der Waals surface area contributed by atoms with Gasteiger partial charge in [0.2, 0.25) is 0 Å². The van der Waals surface area contributed by atoms with Crippen LogP contribution in [0.1, 0.15) is 38.7 Å². The number of rotatable bonds is 2. The molecule has 0 unspecified atom stereocenters. The summed E-state index contributed by atoms with van der Waals surface area (Å²) in [6.45, 7) is 4.00. The lowest BCUT2D eigenvalue weighted by atomic mass is 9.64. The maximum Gasteiger partial charge on any atom is 0.314 e. The Hall–Kier alpha value is -1.31. The zero-order chi connectivity index (χ0) is 11.3. The van der Waals surface area contributed by atoms with Crippen molar-refractivity contribution < 1.29 is 9.90 Å². The maximum absolute atomic E-state index is 11.1. The SMILES string of the molecule is CC.O=C(O)C1(c2ccccc2)CCC1. The minimum absolute atomic E-state index is 0.568. The van der Waals surface area contributed by atoms with E-state index in [1.54, 1.807) is 0 Å². The van der Waals surface area contributed by atoms with Crippen LogP contribution in [0.2, 0.25) is 0 Å². The van der Waals surface area contributed by atoms with E-state index in [0.717, 1.165) is 24.8 Å². The molecule has 2 rings (SSSR count). The van der Waals surface area contributed by atoms with Gasteiger partial charge in [-0.2, -0.15) is 0 Å². The molecule has 1 N–H and O–H groups in total. The van der Waals surface area contributed by atoms with Crippen molar-refractivity contribution in [3.8, 4) is 0 Å². The first-order valence-electron chi connectivity index (χ1n) is 5.55. The first-order chi connectivity index (χ1) is 7.26. The largest absolute Gasteiger partial charge is 0.481 e. The highest BCUT2D eigenvalue weighted by Gasteiger charge is 2.45. The fourth-order valence-corrected chi connectivity index (χ4v) is 1.91. The van der Waals surface area contributed by atoms with E-state index in [0.29, 0.717) is 0 Å². The van der Waals surface area contributed by atoms with Crippen molar-refractivity contribution in [2.24, 2.45) is 0 Å². The minimum Gasteiger partial charge on any atom is -0.481 e. The van der Waals surface area contributed by atoms with Crippen molar-refractivity contribution >= 4 is 5.97 Å². The number of hydrogen-bond acceptors (Lipinski definition) is 1. The molecule has 0 aromatic heterocycles. The topological polar surface area (TPSA) is 37.3 Å². The fourth-order valence-electron chi connectivity index (χ4n) is 1.91. The van der Waals surface area contributed by atoms with E-state index in [-0.39, 0.29) is 0 Å². The van der Waals surface area contributed by atoms with E-state index in [9.17, 15) is 4.79 Å². The molecule has 1 fully saturated rings. The Balaban J connectivity index is 0.000000531. The van der Waals surface area contributed by atoms with Gasteiger partial charge in [-0.15, -0.1) is 0 Å². The summed E-state index contributed by atoms with van der Waals surface area (Å²) in [6.07, 6.45) is 2.60. The summed E-state index contributed by atoms with van der Waals surface area (Å²) in [5, 5.41) is 9.14. The van der Waals surface area contributed by atoms with Crippen molar-refractivity contribution in [3.05, 3.63) is 35.9 Å². The molecule has 0 bridgehead atoms. The first kappa shape index (κ1) is 11.8. The van der Waals surface area contributed by atoms with Gasteiger partial charge in [0.15, 0.2) is 0 Å². The number of benzene rings is 1. The smallest absolute Gasteiger partial charge is 0.314 e. The second-order valence-corrected chi connectivity index (χ2v) is 3.61. The summed E-state index contributed by atoms with van der Waals surface area (Å²) < 4.78 is 0. The van der Waals surface area contributed by atoms with E-state index < -0.39 is 11.4 Å². The highest BCUT2D eigenvalue weighted by molar-refractivity contribution is 5.82. The van der Waals surface area contributed by atoms with Crippen molar-refractivity contribution in [3.63, 3.8) is 0 Å². The number of hydrogen-bond donors (Lipinski definition) is 1. The van der Waals surface area contributed by atoms with Gasteiger partial charge in [-0.3, -0.25) is 4.79 Å².